The first kappa shape index (κ1) is 16.9. The minimum atomic E-state index is -1.83. The normalized spacial score (nSPS) is 13.8. The van der Waals surface area contributed by atoms with Crippen molar-refractivity contribution in [3.05, 3.63) is 41.2 Å². The molecule has 0 radical (unpaired) electrons. The standard InChI is InChI=1S/C15H24N2O2Si/c1-15(2,3)20(5,6)18-11-14(19-16)12-8-7-9-13(10-12)17-4/h7-10,14H,11,16H2,1-3,5-6H3. The maximum atomic E-state index is 7.05. The highest BCUT2D eigenvalue weighted by atomic mass is 28.4. The minimum absolute atomic E-state index is 0.143. The van der Waals surface area contributed by atoms with Crippen LogP contribution in [-0.2, 0) is 9.26 Å². The summed E-state index contributed by atoms with van der Waals surface area (Å²) in [6, 6.07) is 7.29. The van der Waals surface area contributed by atoms with Crippen LogP contribution in [-0.4, -0.2) is 14.9 Å². The maximum absolute atomic E-state index is 7.05. The number of hydrogen-bond acceptors (Lipinski definition) is 3. The van der Waals surface area contributed by atoms with E-state index in [0.717, 1.165) is 5.56 Å². The molecule has 0 bridgehead atoms. The van der Waals surface area contributed by atoms with Crippen LogP contribution in [0.1, 0.15) is 32.4 Å². The van der Waals surface area contributed by atoms with Gasteiger partial charge >= 0.3 is 0 Å². The highest BCUT2D eigenvalue weighted by molar-refractivity contribution is 6.74. The van der Waals surface area contributed by atoms with Crippen molar-refractivity contribution in [2.45, 2.75) is 45.0 Å². The zero-order valence-electron chi connectivity index (χ0n) is 12.9. The van der Waals surface area contributed by atoms with Gasteiger partial charge in [-0.25, -0.2) is 10.7 Å². The Morgan fingerprint density at radius 1 is 1.35 bits per heavy atom. The largest absolute Gasteiger partial charge is 0.414 e. The number of rotatable bonds is 5. The summed E-state index contributed by atoms with van der Waals surface area (Å²) in [5.41, 5.74) is 1.46. The zero-order chi connectivity index (χ0) is 15.4. The summed E-state index contributed by atoms with van der Waals surface area (Å²) in [6.07, 6.45) is -0.342. The monoisotopic (exact) mass is 292 g/mol. The molecule has 20 heavy (non-hydrogen) atoms. The van der Waals surface area contributed by atoms with E-state index in [1.54, 1.807) is 12.1 Å². The van der Waals surface area contributed by atoms with Crippen molar-refractivity contribution in [2.24, 2.45) is 5.90 Å². The van der Waals surface area contributed by atoms with Crippen molar-refractivity contribution in [3.63, 3.8) is 0 Å². The smallest absolute Gasteiger partial charge is 0.192 e. The van der Waals surface area contributed by atoms with E-state index < -0.39 is 8.32 Å². The number of benzene rings is 1. The molecule has 0 saturated heterocycles. The first-order chi connectivity index (χ1) is 9.21. The molecule has 1 atom stereocenters. The molecular formula is C15H24N2O2Si. The van der Waals surface area contributed by atoms with Gasteiger partial charge in [-0.1, -0.05) is 45.0 Å². The lowest BCUT2D eigenvalue weighted by Gasteiger charge is -2.37. The highest BCUT2D eigenvalue weighted by Crippen LogP contribution is 2.37. The van der Waals surface area contributed by atoms with Gasteiger partial charge in [-0.15, -0.1) is 0 Å². The first-order valence-corrected chi connectivity index (χ1v) is 9.59. The third-order valence-electron chi connectivity index (χ3n) is 3.94. The van der Waals surface area contributed by atoms with E-state index >= 15 is 0 Å². The highest BCUT2D eigenvalue weighted by Gasteiger charge is 2.37. The maximum Gasteiger partial charge on any atom is 0.192 e. The van der Waals surface area contributed by atoms with Crippen molar-refractivity contribution in [3.8, 4) is 0 Å². The van der Waals surface area contributed by atoms with Crippen molar-refractivity contribution < 1.29 is 9.26 Å². The van der Waals surface area contributed by atoms with Gasteiger partial charge in [0.15, 0.2) is 14.0 Å². The molecule has 4 nitrogen and oxygen atoms in total. The summed E-state index contributed by atoms with van der Waals surface area (Å²) in [4.78, 5) is 8.46. The predicted octanol–water partition coefficient (Wildman–Crippen LogP) is 4.19. The van der Waals surface area contributed by atoms with Gasteiger partial charge in [0.05, 0.1) is 13.2 Å². The van der Waals surface area contributed by atoms with Crippen LogP contribution in [0.3, 0.4) is 0 Å². The Balaban J connectivity index is 2.81. The topological polar surface area (TPSA) is 48.8 Å². The van der Waals surface area contributed by atoms with Gasteiger partial charge < -0.3 is 4.43 Å². The summed E-state index contributed by atoms with van der Waals surface area (Å²) in [5, 5.41) is 0.143. The van der Waals surface area contributed by atoms with Crippen LogP contribution in [0.15, 0.2) is 24.3 Å². The van der Waals surface area contributed by atoms with Crippen LogP contribution < -0.4 is 5.90 Å². The second-order valence-corrected chi connectivity index (χ2v) is 11.2. The predicted molar refractivity (Wildman–Crippen MR) is 83.9 cm³/mol. The molecule has 0 fully saturated rings. The van der Waals surface area contributed by atoms with Gasteiger partial charge in [0.2, 0.25) is 0 Å². The molecule has 1 aromatic carbocycles. The van der Waals surface area contributed by atoms with E-state index in [9.17, 15) is 0 Å². The molecule has 0 aliphatic heterocycles. The third-order valence-corrected chi connectivity index (χ3v) is 8.44. The summed E-state index contributed by atoms with van der Waals surface area (Å²) >= 11 is 0. The lowest BCUT2D eigenvalue weighted by molar-refractivity contribution is 0.0145. The molecular weight excluding hydrogens is 268 g/mol. The average molecular weight is 292 g/mol. The van der Waals surface area contributed by atoms with E-state index in [0.29, 0.717) is 12.3 Å². The Morgan fingerprint density at radius 3 is 2.50 bits per heavy atom. The lowest BCUT2D eigenvalue weighted by Crippen LogP contribution is -2.42. The lowest BCUT2D eigenvalue weighted by atomic mass is 10.1. The van der Waals surface area contributed by atoms with Gasteiger partial charge in [0.1, 0.15) is 6.10 Å². The Morgan fingerprint density at radius 2 is 2.00 bits per heavy atom. The summed E-state index contributed by atoms with van der Waals surface area (Å²) in [6.45, 7) is 18.4. The van der Waals surface area contributed by atoms with Gasteiger partial charge in [-0.2, -0.15) is 0 Å². The molecule has 0 aromatic heterocycles. The van der Waals surface area contributed by atoms with Crippen molar-refractivity contribution in [1.29, 1.82) is 0 Å². The van der Waals surface area contributed by atoms with Crippen LogP contribution in [0.2, 0.25) is 18.1 Å². The van der Waals surface area contributed by atoms with E-state index in [1.165, 1.54) is 0 Å². The summed E-state index contributed by atoms with van der Waals surface area (Å²) in [5.74, 6) is 5.39. The van der Waals surface area contributed by atoms with Gasteiger partial charge in [-0.3, -0.25) is 4.84 Å². The van der Waals surface area contributed by atoms with Crippen LogP contribution in [0.5, 0.6) is 0 Å². The van der Waals surface area contributed by atoms with E-state index in [-0.39, 0.29) is 11.1 Å². The molecule has 0 aliphatic carbocycles. The number of nitrogens with zero attached hydrogens (tertiary/aromatic N) is 1. The molecule has 0 heterocycles. The third kappa shape index (κ3) is 4.15. The van der Waals surface area contributed by atoms with E-state index in [2.05, 4.69) is 38.7 Å². The fourth-order valence-electron chi connectivity index (χ4n) is 1.51. The van der Waals surface area contributed by atoms with Gasteiger partial charge in [0.25, 0.3) is 0 Å². The average Bonchev–Trinajstić information content (AvgIpc) is 2.38. The van der Waals surface area contributed by atoms with Crippen LogP contribution in [0.4, 0.5) is 5.69 Å². The Hall–Kier alpha value is -1.19. The van der Waals surface area contributed by atoms with Gasteiger partial charge in [0, 0.05) is 0 Å². The molecule has 1 aromatic rings. The van der Waals surface area contributed by atoms with Gasteiger partial charge in [-0.05, 0) is 23.7 Å². The Kier molecular flexibility index (Phi) is 5.48. The fraction of sp³-hybridized carbons (Fsp3) is 0.533. The number of hydrogen-bond donors (Lipinski definition) is 1. The molecule has 2 N–H and O–H groups in total. The van der Waals surface area contributed by atoms with Crippen molar-refractivity contribution >= 4 is 14.0 Å². The Labute approximate surface area is 122 Å². The first-order valence-electron chi connectivity index (χ1n) is 6.68. The summed E-state index contributed by atoms with van der Waals surface area (Å²) < 4.78 is 6.13. The molecule has 1 unspecified atom stereocenters. The van der Waals surface area contributed by atoms with Crippen LogP contribution in [0.25, 0.3) is 4.85 Å². The summed E-state index contributed by atoms with van der Waals surface area (Å²) in [7, 11) is -1.83. The van der Waals surface area contributed by atoms with Crippen LogP contribution >= 0.6 is 0 Å². The molecule has 0 spiro atoms. The van der Waals surface area contributed by atoms with Crippen LogP contribution in [0, 0.1) is 6.57 Å². The van der Waals surface area contributed by atoms with Crippen molar-refractivity contribution in [2.75, 3.05) is 6.61 Å². The fourth-order valence-corrected chi connectivity index (χ4v) is 2.51. The molecule has 1 rings (SSSR count). The minimum Gasteiger partial charge on any atom is -0.414 e. The second kappa shape index (κ2) is 6.51. The molecule has 0 saturated carbocycles. The van der Waals surface area contributed by atoms with E-state index in [4.69, 9.17) is 21.7 Å². The molecule has 0 amide bonds. The van der Waals surface area contributed by atoms with E-state index in [1.807, 2.05) is 12.1 Å². The molecule has 5 heteroatoms. The second-order valence-electron chi connectivity index (χ2n) is 6.40. The Bertz CT molecular complexity index is 489. The SMILES string of the molecule is [C-]#[N+]c1cccc(C(CO[Si](C)(C)C(C)(C)C)ON)c1. The number of nitrogens with two attached hydrogens (primary N) is 1. The van der Waals surface area contributed by atoms with Crippen molar-refractivity contribution in [1.82, 2.24) is 0 Å². The quantitative estimate of drug-likeness (QED) is 0.503. The molecule has 110 valence electrons. The molecule has 0 aliphatic rings. The zero-order valence-corrected chi connectivity index (χ0v) is 13.9.